The number of aryl methyl sites for hydroxylation is 1. The zero-order chi connectivity index (χ0) is 26.0. The maximum absolute atomic E-state index is 12.5. The molecular formula is C30H34N4O3. The van der Waals surface area contributed by atoms with E-state index in [1.807, 2.05) is 24.3 Å². The van der Waals surface area contributed by atoms with Crippen LogP contribution in [0.4, 0.5) is 5.82 Å². The molecule has 1 atom stereocenters. The average molecular weight is 499 g/mol. The molecule has 1 unspecified atom stereocenters. The number of ether oxygens (including phenoxy) is 2. The summed E-state index contributed by atoms with van der Waals surface area (Å²) in [5.41, 5.74) is 4.01. The van der Waals surface area contributed by atoms with Crippen molar-refractivity contribution in [2.45, 2.75) is 45.4 Å². The van der Waals surface area contributed by atoms with Gasteiger partial charge in [-0.1, -0.05) is 50.1 Å². The zero-order valence-corrected chi connectivity index (χ0v) is 21.7. The molecule has 37 heavy (non-hydrogen) atoms. The Bertz CT molecular complexity index is 1330. The van der Waals surface area contributed by atoms with Crippen LogP contribution in [0.3, 0.4) is 0 Å². The van der Waals surface area contributed by atoms with Gasteiger partial charge in [-0.3, -0.25) is 9.78 Å². The number of nitrogens with zero attached hydrogens (tertiary/aromatic N) is 3. The predicted octanol–water partition coefficient (Wildman–Crippen LogP) is 6.48. The van der Waals surface area contributed by atoms with Crippen LogP contribution < -0.4 is 14.8 Å². The Labute approximate surface area is 218 Å². The second-order valence-corrected chi connectivity index (χ2v) is 9.29. The molecule has 1 N–H and O–H groups in total. The van der Waals surface area contributed by atoms with Gasteiger partial charge in [0.05, 0.1) is 26.1 Å². The SMILES string of the molecule is COc1ccc(-c2cnc3ccc(NC(=O)CCCC(C)CCCc4ccccc4)nc3n2)cc1OC. The molecule has 1 amide bonds. The first-order valence-electron chi connectivity index (χ1n) is 12.8. The van der Waals surface area contributed by atoms with Gasteiger partial charge in [-0.2, -0.15) is 0 Å². The molecule has 7 nitrogen and oxygen atoms in total. The van der Waals surface area contributed by atoms with E-state index in [0.29, 0.717) is 46.5 Å². The van der Waals surface area contributed by atoms with Gasteiger partial charge in [-0.25, -0.2) is 9.97 Å². The molecule has 2 aromatic carbocycles. The first kappa shape index (κ1) is 26.1. The highest BCUT2D eigenvalue weighted by Gasteiger charge is 2.11. The minimum absolute atomic E-state index is 0.0349. The van der Waals surface area contributed by atoms with Crippen LogP contribution in [-0.4, -0.2) is 35.1 Å². The molecule has 4 aromatic rings. The Morgan fingerprint density at radius 3 is 2.49 bits per heavy atom. The number of anilines is 1. The van der Waals surface area contributed by atoms with Crippen LogP contribution in [0.1, 0.15) is 44.6 Å². The van der Waals surface area contributed by atoms with Crippen molar-refractivity contribution in [1.82, 2.24) is 15.0 Å². The number of benzene rings is 2. The van der Waals surface area contributed by atoms with Crippen molar-refractivity contribution in [2.24, 2.45) is 5.92 Å². The molecule has 2 heterocycles. The second kappa shape index (κ2) is 12.8. The Kier molecular flexibility index (Phi) is 9.03. The largest absolute Gasteiger partial charge is 0.493 e. The molecule has 7 heteroatoms. The van der Waals surface area contributed by atoms with Gasteiger partial charge < -0.3 is 14.8 Å². The highest BCUT2D eigenvalue weighted by molar-refractivity contribution is 5.90. The van der Waals surface area contributed by atoms with Gasteiger partial charge in [0.25, 0.3) is 0 Å². The molecule has 0 radical (unpaired) electrons. The Hall–Kier alpha value is -4.00. The molecule has 0 saturated heterocycles. The number of pyridine rings is 1. The Morgan fingerprint density at radius 2 is 1.70 bits per heavy atom. The molecule has 0 aliphatic carbocycles. The number of methoxy groups -OCH3 is 2. The van der Waals surface area contributed by atoms with Crippen molar-refractivity contribution < 1.29 is 14.3 Å². The molecule has 0 aliphatic heterocycles. The number of hydrogen-bond donors (Lipinski definition) is 1. The van der Waals surface area contributed by atoms with Crippen LogP contribution in [0.15, 0.2) is 66.9 Å². The van der Waals surface area contributed by atoms with Gasteiger partial charge in [0.15, 0.2) is 17.1 Å². The van der Waals surface area contributed by atoms with Crippen LogP contribution in [-0.2, 0) is 11.2 Å². The van der Waals surface area contributed by atoms with Crippen molar-refractivity contribution in [3.8, 4) is 22.8 Å². The number of hydrogen-bond acceptors (Lipinski definition) is 6. The third kappa shape index (κ3) is 7.26. The molecule has 0 aliphatic rings. The number of carbonyl (C=O) groups excluding carboxylic acids is 1. The summed E-state index contributed by atoms with van der Waals surface area (Å²) >= 11 is 0. The molecule has 0 bridgehead atoms. The highest BCUT2D eigenvalue weighted by atomic mass is 16.5. The summed E-state index contributed by atoms with van der Waals surface area (Å²) in [5.74, 6) is 2.30. The van der Waals surface area contributed by atoms with E-state index in [9.17, 15) is 4.79 Å². The first-order chi connectivity index (χ1) is 18.1. The average Bonchev–Trinajstić information content (AvgIpc) is 2.92. The maximum atomic E-state index is 12.5. The lowest BCUT2D eigenvalue weighted by Gasteiger charge is -2.11. The summed E-state index contributed by atoms with van der Waals surface area (Å²) in [6, 6.07) is 19.7. The van der Waals surface area contributed by atoms with E-state index < -0.39 is 0 Å². The third-order valence-electron chi connectivity index (χ3n) is 6.46. The molecular weight excluding hydrogens is 464 g/mol. The van der Waals surface area contributed by atoms with Gasteiger partial charge in [0.2, 0.25) is 5.91 Å². The molecule has 2 aromatic heterocycles. The van der Waals surface area contributed by atoms with Crippen molar-refractivity contribution in [3.05, 3.63) is 72.4 Å². The monoisotopic (exact) mass is 498 g/mol. The predicted molar refractivity (Wildman–Crippen MR) is 147 cm³/mol. The van der Waals surface area contributed by atoms with Crippen LogP contribution in [0, 0.1) is 5.92 Å². The van der Waals surface area contributed by atoms with E-state index in [1.54, 1.807) is 26.5 Å². The number of amides is 1. The lowest BCUT2D eigenvalue weighted by Crippen LogP contribution is -2.13. The van der Waals surface area contributed by atoms with E-state index >= 15 is 0 Å². The van der Waals surface area contributed by atoms with Crippen LogP contribution in [0.25, 0.3) is 22.4 Å². The number of nitrogens with one attached hydrogen (secondary N) is 1. The van der Waals surface area contributed by atoms with Crippen LogP contribution >= 0.6 is 0 Å². The van der Waals surface area contributed by atoms with Gasteiger partial charge >= 0.3 is 0 Å². The lowest BCUT2D eigenvalue weighted by molar-refractivity contribution is -0.116. The van der Waals surface area contributed by atoms with Crippen molar-refractivity contribution in [1.29, 1.82) is 0 Å². The van der Waals surface area contributed by atoms with E-state index in [1.165, 1.54) is 18.4 Å². The molecule has 0 fully saturated rings. The quantitative estimate of drug-likeness (QED) is 0.241. The Morgan fingerprint density at radius 1 is 0.919 bits per heavy atom. The topological polar surface area (TPSA) is 86.2 Å². The van der Waals surface area contributed by atoms with Gasteiger partial charge in [0.1, 0.15) is 11.3 Å². The summed E-state index contributed by atoms with van der Waals surface area (Å²) in [6.45, 7) is 2.27. The van der Waals surface area contributed by atoms with E-state index in [4.69, 9.17) is 9.47 Å². The number of rotatable bonds is 12. The van der Waals surface area contributed by atoms with Crippen molar-refractivity contribution >= 4 is 22.9 Å². The van der Waals surface area contributed by atoms with Gasteiger partial charge in [-0.15, -0.1) is 0 Å². The third-order valence-corrected chi connectivity index (χ3v) is 6.46. The molecule has 192 valence electrons. The summed E-state index contributed by atoms with van der Waals surface area (Å²) in [6.07, 6.45) is 7.51. The molecule has 4 rings (SSSR count). The summed E-state index contributed by atoms with van der Waals surface area (Å²) < 4.78 is 10.7. The van der Waals surface area contributed by atoms with Crippen molar-refractivity contribution in [3.63, 3.8) is 0 Å². The highest BCUT2D eigenvalue weighted by Crippen LogP contribution is 2.31. The summed E-state index contributed by atoms with van der Waals surface area (Å²) in [4.78, 5) is 26.2. The van der Waals surface area contributed by atoms with E-state index in [2.05, 4.69) is 57.5 Å². The molecule has 0 saturated carbocycles. The molecule has 0 spiro atoms. The minimum Gasteiger partial charge on any atom is -0.493 e. The summed E-state index contributed by atoms with van der Waals surface area (Å²) in [7, 11) is 3.19. The fraction of sp³-hybridized carbons (Fsp3) is 0.333. The van der Waals surface area contributed by atoms with Gasteiger partial charge in [0, 0.05) is 12.0 Å². The fourth-order valence-corrected chi connectivity index (χ4v) is 4.36. The maximum Gasteiger partial charge on any atom is 0.225 e. The van der Waals surface area contributed by atoms with E-state index in [-0.39, 0.29) is 5.91 Å². The zero-order valence-electron chi connectivity index (χ0n) is 21.7. The second-order valence-electron chi connectivity index (χ2n) is 9.29. The number of aromatic nitrogens is 3. The smallest absolute Gasteiger partial charge is 0.225 e. The lowest BCUT2D eigenvalue weighted by atomic mass is 9.96. The standard InChI is InChI=1S/C30H34N4O3/c1-21(9-7-13-22-11-5-4-6-12-22)10-8-14-29(35)33-28-18-16-24-30(34-28)32-25(20-31-24)23-15-17-26(36-2)27(19-23)37-3/h4-6,11-12,15-21H,7-10,13-14H2,1-3H3,(H,32,33,34,35). The first-order valence-corrected chi connectivity index (χ1v) is 12.8. The number of fused-ring (bicyclic) bond motifs is 1. The van der Waals surface area contributed by atoms with Gasteiger partial charge in [-0.05, 0) is 61.1 Å². The fourth-order valence-electron chi connectivity index (χ4n) is 4.36. The summed E-state index contributed by atoms with van der Waals surface area (Å²) in [5, 5.41) is 2.91. The normalized spacial score (nSPS) is 11.8. The number of carbonyl (C=O) groups is 1. The van der Waals surface area contributed by atoms with E-state index in [0.717, 1.165) is 24.8 Å². The minimum atomic E-state index is -0.0349. The Balaban J connectivity index is 1.29. The van der Waals surface area contributed by atoms with Crippen LogP contribution in [0.5, 0.6) is 11.5 Å². The van der Waals surface area contributed by atoms with Crippen molar-refractivity contribution in [2.75, 3.05) is 19.5 Å². The van der Waals surface area contributed by atoms with Crippen LogP contribution in [0.2, 0.25) is 0 Å².